The van der Waals surface area contributed by atoms with Crippen LogP contribution in [0.2, 0.25) is 0 Å². The van der Waals surface area contributed by atoms with Gasteiger partial charge in [0.15, 0.2) is 6.29 Å². The Bertz CT molecular complexity index is 410. The SMILES string of the molecule is CC(O)OCN1[C@@H]2CC[C@H]1CN(Cc1ccccc1)C2. The minimum absolute atomic E-state index is 0.562. The van der Waals surface area contributed by atoms with Crippen LogP contribution in [0.15, 0.2) is 30.3 Å². The average Bonchev–Trinajstić information content (AvgIpc) is 2.67. The molecule has 0 amide bonds. The summed E-state index contributed by atoms with van der Waals surface area (Å²) in [6.45, 7) is 5.49. The molecular formula is C16H24N2O2. The summed E-state index contributed by atoms with van der Waals surface area (Å²) in [5.41, 5.74) is 1.39. The molecule has 1 unspecified atom stereocenters. The zero-order valence-electron chi connectivity index (χ0n) is 12.1. The maximum atomic E-state index is 9.26. The second-order valence-electron chi connectivity index (χ2n) is 5.97. The predicted octanol–water partition coefficient (Wildman–Crippen LogP) is 1.65. The molecule has 2 saturated heterocycles. The number of ether oxygens (including phenoxy) is 1. The second kappa shape index (κ2) is 6.22. The van der Waals surface area contributed by atoms with Gasteiger partial charge in [-0.3, -0.25) is 9.80 Å². The molecule has 2 bridgehead atoms. The largest absolute Gasteiger partial charge is 0.368 e. The van der Waals surface area contributed by atoms with Crippen LogP contribution in [-0.4, -0.2) is 53.1 Å². The minimum Gasteiger partial charge on any atom is -0.368 e. The van der Waals surface area contributed by atoms with Crippen molar-refractivity contribution in [3.8, 4) is 0 Å². The summed E-state index contributed by atoms with van der Waals surface area (Å²) in [6.07, 6.45) is 1.83. The highest BCUT2D eigenvalue weighted by Gasteiger charge is 2.39. The number of hydrogen-bond acceptors (Lipinski definition) is 4. The summed E-state index contributed by atoms with van der Waals surface area (Å²) in [5, 5.41) is 9.26. The first-order valence-corrected chi connectivity index (χ1v) is 7.54. The molecule has 1 aromatic carbocycles. The Morgan fingerprint density at radius 2 is 1.85 bits per heavy atom. The van der Waals surface area contributed by atoms with E-state index in [2.05, 4.69) is 40.1 Å². The van der Waals surface area contributed by atoms with Crippen LogP contribution in [0.25, 0.3) is 0 Å². The van der Waals surface area contributed by atoms with Crippen LogP contribution in [0.5, 0.6) is 0 Å². The molecule has 3 rings (SSSR count). The highest BCUT2D eigenvalue weighted by atomic mass is 16.6. The number of nitrogens with zero attached hydrogens (tertiary/aromatic N) is 2. The molecule has 0 radical (unpaired) electrons. The molecule has 4 heteroatoms. The Morgan fingerprint density at radius 1 is 1.20 bits per heavy atom. The van der Waals surface area contributed by atoms with Gasteiger partial charge in [-0.25, -0.2) is 0 Å². The predicted molar refractivity (Wildman–Crippen MR) is 78.0 cm³/mol. The summed E-state index contributed by atoms with van der Waals surface area (Å²) in [7, 11) is 0. The van der Waals surface area contributed by atoms with E-state index in [-0.39, 0.29) is 0 Å². The van der Waals surface area contributed by atoms with Crippen molar-refractivity contribution < 1.29 is 9.84 Å². The highest BCUT2D eigenvalue weighted by molar-refractivity contribution is 5.15. The minimum atomic E-state index is -0.670. The van der Waals surface area contributed by atoms with Gasteiger partial charge in [-0.1, -0.05) is 30.3 Å². The van der Waals surface area contributed by atoms with Gasteiger partial charge in [0.05, 0.1) is 0 Å². The van der Waals surface area contributed by atoms with Crippen LogP contribution in [0.4, 0.5) is 0 Å². The van der Waals surface area contributed by atoms with Gasteiger partial charge in [0.1, 0.15) is 6.73 Å². The summed E-state index contributed by atoms with van der Waals surface area (Å²) >= 11 is 0. The van der Waals surface area contributed by atoms with Crippen LogP contribution in [0.1, 0.15) is 25.3 Å². The number of aliphatic hydroxyl groups is 1. The molecule has 0 aliphatic carbocycles. The molecule has 2 aliphatic heterocycles. The van der Waals surface area contributed by atoms with E-state index in [1.807, 2.05) is 0 Å². The van der Waals surface area contributed by atoms with Gasteiger partial charge in [-0.2, -0.15) is 0 Å². The van der Waals surface area contributed by atoms with Gasteiger partial charge in [0, 0.05) is 31.7 Å². The molecule has 1 N–H and O–H groups in total. The van der Waals surface area contributed by atoms with Crippen molar-refractivity contribution in [1.82, 2.24) is 9.80 Å². The number of rotatable bonds is 5. The fraction of sp³-hybridized carbons (Fsp3) is 0.625. The first kappa shape index (κ1) is 14.0. The third-order valence-corrected chi connectivity index (χ3v) is 4.42. The van der Waals surface area contributed by atoms with Crippen molar-refractivity contribution in [2.24, 2.45) is 0 Å². The Balaban J connectivity index is 1.56. The van der Waals surface area contributed by atoms with E-state index < -0.39 is 6.29 Å². The van der Waals surface area contributed by atoms with Crippen molar-refractivity contribution in [3.63, 3.8) is 0 Å². The topological polar surface area (TPSA) is 35.9 Å². The molecule has 2 aliphatic rings. The summed E-state index contributed by atoms with van der Waals surface area (Å²) in [6, 6.07) is 11.8. The van der Waals surface area contributed by atoms with E-state index in [0.717, 1.165) is 19.6 Å². The molecule has 4 nitrogen and oxygen atoms in total. The lowest BCUT2D eigenvalue weighted by Crippen LogP contribution is -2.54. The van der Waals surface area contributed by atoms with Crippen LogP contribution < -0.4 is 0 Å². The van der Waals surface area contributed by atoms with Gasteiger partial charge in [0.25, 0.3) is 0 Å². The smallest absolute Gasteiger partial charge is 0.153 e. The zero-order chi connectivity index (χ0) is 13.9. The van der Waals surface area contributed by atoms with Gasteiger partial charge >= 0.3 is 0 Å². The van der Waals surface area contributed by atoms with Crippen LogP contribution in [-0.2, 0) is 11.3 Å². The van der Waals surface area contributed by atoms with Crippen molar-refractivity contribution in [1.29, 1.82) is 0 Å². The average molecular weight is 276 g/mol. The lowest BCUT2D eigenvalue weighted by atomic mass is 10.1. The molecule has 0 spiro atoms. The molecule has 2 heterocycles. The number of aliphatic hydroxyl groups excluding tert-OH is 1. The Morgan fingerprint density at radius 3 is 2.45 bits per heavy atom. The Hall–Kier alpha value is -0.940. The van der Waals surface area contributed by atoms with Crippen molar-refractivity contribution in [3.05, 3.63) is 35.9 Å². The lowest BCUT2D eigenvalue weighted by Gasteiger charge is -2.40. The molecule has 0 aromatic heterocycles. The maximum absolute atomic E-state index is 9.26. The number of piperazine rings is 1. The fourth-order valence-corrected chi connectivity index (χ4v) is 3.45. The number of fused-ring (bicyclic) bond motifs is 2. The van der Waals surface area contributed by atoms with Crippen LogP contribution in [0, 0.1) is 0 Å². The molecule has 0 saturated carbocycles. The van der Waals surface area contributed by atoms with E-state index in [9.17, 15) is 5.11 Å². The van der Waals surface area contributed by atoms with Gasteiger partial charge in [-0.05, 0) is 25.3 Å². The standard InChI is InChI=1S/C16H24N2O2/c1-13(19)20-12-18-15-7-8-16(18)11-17(10-15)9-14-5-3-2-4-6-14/h2-6,13,15-16,19H,7-12H2,1H3/t13?,15-,16+. The molecule has 20 heavy (non-hydrogen) atoms. The van der Waals surface area contributed by atoms with Crippen molar-refractivity contribution in [2.45, 2.75) is 44.7 Å². The van der Waals surface area contributed by atoms with E-state index >= 15 is 0 Å². The van der Waals surface area contributed by atoms with Crippen molar-refractivity contribution in [2.75, 3.05) is 19.8 Å². The van der Waals surface area contributed by atoms with Crippen LogP contribution >= 0.6 is 0 Å². The fourth-order valence-electron chi connectivity index (χ4n) is 3.45. The summed E-state index contributed by atoms with van der Waals surface area (Å²) < 4.78 is 5.38. The Kier molecular flexibility index (Phi) is 4.36. The second-order valence-corrected chi connectivity index (χ2v) is 5.97. The summed E-state index contributed by atoms with van der Waals surface area (Å²) in [5.74, 6) is 0. The number of benzene rings is 1. The number of likely N-dealkylation sites (tertiary alicyclic amines) is 1. The van der Waals surface area contributed by atoms with E-state index in [1.54, 1.807) is 6.92 Å². The first-order valence-electron chi connectivity index (χ1n) is 7.54. The number of hydrogen-bond donors (Lipinski definition) is 1. The first-order chi connectivity index (χ1) is 9.72. The van der Waals surface area contributed by atoms with E-state index in [0.29, 0.717) is 18.8 Å². The third-order valence-electron chi connectivity index (χ3n) is 4.42. The van der Waals surface area contributed by atoms with Gasteiger partial charge in [-0.15, -0.1) is 0 Å². The monoisotopic (exact) mass is 276 g/mol. The lowest BCUT2D eigenvalue weighted by molar-refractivity contribution is -0.139. The summed E-state index contributed by atoms with van der Waals surface area (Å²) in [4.78, 5) is 4.98. The highest BCUT2D eigenvalue weighted by Crippen LogP contribution is 2.30. The molecule has 110 valence electrons. The normalized spacial score (nSPS) is 28.7. The molecular weight excluding hydrogens is 252 g/mol. The third kappa shape index (κ3) is 3.20. The van der Waals surface area contributed by atoms with Crippen LogP contribution in [0.3, 0.4) is 0 Å². The molecule has 1 aromatic rings. The Labute approximate surface area is 120 Å². The van der Waals surface area contributed by atoms with E-state index in [1.165, 1.54) is 18.4 Å². The van der Waals surface area contributed by atoms with Gasteiger partial charge < -0.3 is 9.84 Å². The van der Waals surface area contributed by atoms with Gasteiger partial charge in [0.2, 0.25) is 0 Å². The molecule has 2 fully saturated rings. The quantitative estimate of drug-likeness (QED) is 0.830. The van der Waals surface area contributed by atoms with E-state index in [4.69, 9.17) is 4.74 Å². The van der Waals surface area contributed by atoms with Crippen molar-refractivity contribution >= 4 is 0 Å². The molecule has 3 atom stereocenters. The maximum Gasteiger partial charge on any atom is 0.153 e. The zero-order valence-corrected chi connectivity index (χ0v) is 12.1.